The number of sulfonamides is 1. The van der Waals surface area contributed by atoms with Crippen molar-refractivity contribution in [2.75, 3.05) is 25.0 Å². The molecule has 0 spiro atoms. The van der Waals surface area contributed by atoms with Crippen molar-refractivity contribution >= 4 is 37.7 Å². The zero-order valence-corrected chi connectivity index (χ0v) is 20.9. The van der Waals surface area contributed by atoms with Crippen LogP contribution in [0.5, 0.6) is 0 Å². The first-order valence-electron chi connectivity index (χ1n) is 11.4. The number of nitrogens with one attached hydrogen (secondary N) is 1. The summed E-state index contributed by atoms with van der Waals surface area (Å²) in [6, 6.07) is 5.76. The Hall–Kier alpha value is -1.90. The highest BCUT2D eigenvalue weighted by molar-refractivity contribution is 7.91. The molecule has 1 saturated carbocycles. The number of nitrogens with zero attached hydrogens (tertiary/aromatic N) is 2. The van der Waals surface area contributed by atoms with Gasteiger partial charge in [-0.1, -0.05) is 19.3 Å². The van der Waals surface area contributed by atoms with Crippen LogP contribution in [0.3, 0.4) is 0 Å². The normalized spacial score (nSPS) is 20.6. The molecule has 0 aromatic carbocycles. The van der Waals surface area contributed by atoms with Gasteiger partial charge in [0.25, 0.3) is 0 Å². The Bertz CT molecular complexity index is 1210. The summed E-state index contributed by atoms with van der Waals surface area (Å²) in [5.41, 5.74) is 2.78. The lowest BCUT2D eigenvalue weighted by Crippen LogP contribution is -2.34. The summed E-state index contributed by atoms with van der Waals surface area (Å²) >= 11 is 2.83. The van der Waals surface area contributed by atoms with Gasteiger partial charge in [0.05, 0.1) is 11.3 Å². The van der Waals surface area contributed by atoms with E-state index < -0.39 is 10.0 Å². The van der Waals surface area contributed by atoms with Gasteiger partial charge in [-0.3, -0.25) is 4.90 Å². The van der Waals surface area contributed by atoms with Crippen molar-refractivity contribution in [1.29, 1.82) is 5.26 Å². The maximum atomic E-state index is 11.6. The molecular weight excluding hydrogens is 476 g/mol. The molecule has 2 fully saturated rings. The number of thiophene rings is 2. The summed E-state index contributed by atoms with van der Waals surface area (Å²) in [5.74, 6) is 1.65. The maximum absolute atomic E-state index is 11.6. The molecule has 5 rings (SSSR count). The van der Waals surface area contributed by atoms with Gasteiger partial charge in [0.15, 0.2) is 5.76 Å². The number of anilines is 1. The lowest BCUT2D eigenvalue weighted by molar-refractivity contribution is 0.188. The van der Waals surface area contributed by atoms with E-state index >= 15 is 0 Å². The van der Waals surface area contributed by atoms with E-state index in [1.165, 1.54) is 59.9 Å². The van der Waals surface area contributed by atoms with Crippen LogP contribution in [0.2, 0.25) is 0 Å². The highest BCUT2D eigenvalue weighted by Crippen LogP contribution is 2.39. The monoisotopic (exact) mass is 504 g/mol. The summed E-state index contributed by atoms with van der Waals surface area (Å²) < 4.78 is 28.8. The second-order valence-corrected chi connectivity index (χ2v) is 13.1. The molecule has 0 amide bonds. The number of hydrogen-bond acceptors (Lipinski definition) is 8. The average Bonchev–Trinajstić information content (AvgIpc) is 3.42. The molecule has 0 unspecified atom stereocenters. The van der Waals surface area contributed by atoms with E-state index in [-0.39, 0.29) is 4.21 Å². The molecule has 2 aliphatic heterocycles. The average molecular weight is 505 g/mol. The number of rotatable bonds is 7. The number of nitriles is 1. The van der Waals surface area contributed by atoms with Crippen LogP contribution in [0.1, 0.15) is 53.0 Å². The maximum Gasteiger partial charge on any atom is 0.247 e. The quantitative estimate of drug-likeness (QED) is 0.548. The lowest BCUT2D eigenvalue weighted by atomic mass is 9.88. The predicted octanol–water partition coefficient (Wildman–Crippen LogP) is 4.16. The van der Waals surface area contributed by atoms with Gasteiger partial charge < -0.3 is 10.1 Å². The van der Waals surface area contributed by atoms with E-state index in [9.17, 15) is 13.7 Å². The van der Waals surface area contributed by atoms with Crippen molar-refractivity contribution in [2.24, 2.45) is 11.1 Å². The van der Waals surface area contributed by atoms with E-state index in [1.54, 1.807) is 17.4 Å². The number of hydrogen-bond donors (Lipinski definition) is 2. The van der Waals surface area contributed by atoms with Gasteiger partial charge in [-0.05, 0) is 37.3 Å². The van der Waals surface area contributed by atoms with E-state index in [2.05, 4.69) is 16.3 Å². The number of primary sulfonamides is 1. The van der Waals surface area contributed by atoms with Gasteiger partial charge in [-0.15, -0.1) is 22.7 Å². The zero-order chi connectivity index (χ0) is 23.0. The molecule has 1 aliphatic carbocycles. The highest BCUT2D eigenvalue weighted by atomic mass is 32.2. The number of nitrogens with two attached hydrogens (primary N) is 1. The van der Waals surface area contributed by atoms with E-state index in [1.807, 2.05) is 0 Å². The molecule has 3 N–H and O–H groups in total. The summed E-state index contributed by atoms with van der Waals surface area (Å²) in [6.45, 7) is 3.59. The molecule has 0 radical (unpaired) electrons. The summed E-state index contributed by atoms with van der Waals surface area (Å²) in [7, 11) is -3.71. The molecule has 0 atom stereocenters. The molecule has 176 valence electrons. The molecule has 0 bridgehead atoms. The third kappa shape index (κ3) is 5.28. The fraction of sp³-hybridized carbons (Fsp3) is 0.522. The number of allylic oxidation sites excluding steroid dienone is 1. The topological polar surface area (TPSA) is 112 Å². The number of fused-ring (bicyclic) bond motifs is 1. The second-order valence-electron chi connectivity index (χ2n) is 9.07. The van der Waals surface area contributed by atoms with Crippen molar-refractivity contribution < 1.29 is 13.2 Å². The number of ether oxygens (including phenoxy) is 1. The molecule has 1 saturated heterocycles. The molecule has 33 heavy (non-hydrogen) atoms. The van der Waals surface area contributed by atoms with Crippen LogP contribution in [-0.4, -0.2) is 33.0 Å². The van der Waals surface area contributed by atoms with E-state index in [4.69, 9.17) is 9.88 Å². The first-order valence-corrected chi connectivity index (χ1v) is 14.6. The Morgan fingerprint density at radius 2 is 2.06 bits per heavy atom. The van der Waals surface area contributed by atoms with Crippen LogP contribution in [0, 0.1) is 17.2 Å². The van der Waals surface area contributed by atoms with Crippen LogP contribution in [-0.2, 0) is 34.1 Å². The van der Waals surface area contributed by atoms with Crippen LogP contribution in [0.4, 0.5) is 5.00 Å². The Labute approximate surface area is 202 Å². The molecule has 7 nitrogen and oxygen atoms in total. The fourth-order valence-corrected chi connectivity index (χ4v) is 7.85. The molecular formula is C23H28N4O3S3. The van der Waals surface area contributed by atoms with Crippen LogP contribution in [0.15, 0.2) is 27.8 Å². The fourth-order valence-electron chi connectivity index (χ4n) is 4.88. The smallest absolute Gasteiger partial charge is 0.247 e. The van der Waals surface area contributed by atoms with Gasteiger partial charge >= 0.3 is 0 Å². The Morgan fingerprint density at radius 1 is 1.27 bits per heavy atom. The van der Waals surface area contributed by atoms with Gasteiger partial charge in [-0.25, -0.2) is 13.6 Å². The minimum absolute atomic E-state index is 0.154. The van der Waals surface area contributed by atoms with E-state index in [0.717, 1.165) is 58.9 Å². The molecule has 2 aromatic heterocycles. The largest absolute Gasteiger partial charge is 0.484 e. The summed E-state index contributed by atoms with van der Waals surface area (Å²) in [4.78, 5) is 4.70. The third-order valence-corrected chi connectivity index (χ3v) is 10.4. The van der Waals surface area contributed by atoms with Gasteiger partial charge in [0, 0.05) is 41.4 Å². The van der Waals surface area contributed by atoms with Crippen molar-refractivity contribution in [3.05, 3.63) is 44.5 Å². The van der Waals surface area contributed by atoms with Crippen molar-refractivity contribution in [3.63, 3.8) is 0 Å². The van der Waals surface area contributed by atoms with E-state index in [0.29, 0.717) is 13.0 Å². The van der Waals surface area contributed by atoms with Crippen molar-refractivity contribution in [2.45, 2.75) is 55.7 Å². The zero-order valence-electron chi connectivity index (χ0n) is 18.4. The summed E-state index contributed by atoms with van der Waals surface area (Å²) in [6.07, 6.45) is 8.22. The standard InChI is InChI=1S/C23H28N4O3S3/c24-11-17-18-13-27(12-15-4-2-1-3-5-15)9-8-21(18)32-23(17)26-19(20-14-30-20)10-16-6-7-22(31-16)33(25,28)29/h6-7,15,26H,1-5,8-10,12-14H2,(H2,25,28,29)/b20-19-. The first-order chi connectivity index (χ1) is 15.9. The molecule has 2 aromatic rings. The Balaban J connectivity index is 1.32. The van der Waals surface area contributed by atoms with Crippen molar-refractivity contribution in [3.8, 4) is 6.07 Å². The molecule has 3 aliphatic rings. The first kappa shape index (κ1) is 22.9. The summed E-state index contributed by atoms with van der Waals surface area (Å²) in [5, 5.41) is 19.6. The lowest BCUT2D eigenvalue weighted by Gasteiger charge is -2.32. The van der Waals surface area contributed by atoms with Crippen LogP contribution < -0.4 is 10.5 Å². The van der Waals surface area contributed by atoms with Crippen molar-refractivity contribution in [1.82, 2.24) is 4.90 Å². The predicted molar refractivity (Wildman–Crippen MR) is 131 cm³/mol. The van der Waals surface area contributed by atoms with Gasteiger partial charge in [0.1, 0.15) is 21.9 Å². The Morgan fingerprint density at radius 3 is 2.73 bits per heavy atom. The minimum atomic E-state index is -3.71. The van der Waals surface area contributed by atoms with Gasteiger partial charge in [0.2, 0.25) is 10.0 Å². The SMILES string of the molecule is N#Cc1c(N/C(Cc2ccc(S(N)(=O)=O)s2)=C2/CO2)sc2c1CN(CC1CCCCC1)CC2. The molecule has 10 heteroatoms. The van der Waals surface area contributed by atoms with Gasteiger partial charge in [-0.2, -0.15) is 5.26 Å². The third-order valence-electron chi connectivity index (χ3n) is 6.64. The highest BCUT2D eigenvalue weighted by Gasteiger charge is 2.29. The van der Waals surface area contributed by atoms with Crippen LogP contribution >= 0.6 is 22.7 Å². The molecule has 4 heterocycles. The Kier molecular flexibility index (Phi) is 6.51. The number of epoxide rings is 1. The minimum Gasteiger partial charge on any atom is -0.484 e. The van der Waals surface area contributed by atoms with Crippen LogP contribution in [0.25, 0.3) is 0 Å². The second kappa shape index (κ2) is 9.39.